The largest absolute Gasteiger partial charge is 0.394 e. The van der Waals surface area contributed by atoms with E-state index in [4.69, 9.17) is 35.3 Å². The quantitative estimate of drug-likeness (QED) is 0.235. The van der Waals surface area contributed by atoms with Crippen LogP contribution in [-0.4, -0.2) is 71.9 Å². The van der Waals surface area contributed by atoms with E-state index in [2.05, 4.69) is 0 Å². The second kappa shape index (κ2) is 5.80. The van der Waals surface area contributed by atoms with Crippen molar-refractivity contribution in [2.75, 3.05) is 6.61 Å². The van der Waals surface area contributed by atoms with Crippen molar-refractivity contribution in [2.24, 2.45) is 0 Å². The van der Waals surface area contributed by atoms with Crippen molar-refractivity contribution in [1.29, 1.82) is 0 Å². The summed E-state index contributed by atoms with van der Waals surface area (Å²) in [6.07, 6.45) is -8.84. The molecule has 0 rings (SSSR count). The Morgan fingerprint density at radius 3 is 1.81 bits per heavy atom. The summed E-state index contributed by atoms with van der Waals surface area (Å²) in [5.74, 6) is 0. The van der Waals surface area contributed by atoms with Gasteiger partial charge in [-0.2, -0.15) is 0 Å². The zero-order valence-corrected chi connectivity index (χ0v) is 8.81. The first kappa shape index (κ1) is 15.6. The van der Waals surface area contributed by atoms with Crippen LogP contribution < -0.4 is 0 Å². The van der Waals surface area contributed by atoms with Crippen LogP contribution >= 0.6 is 7.60 Å². The van der Waals surface area contributed by atoms with E-state index in [0.29, 0.717) is 0 Å². The minimum absolute atomic E-state index is 0.963. The highest BCUT2D eigenvalue weighted by Gasteiger charge is 2.41. The van der Waals surface area contributed by atoms with Gasteiger partial charge in [-0.15, -0.1) is 0 Å². The molecule has 0 amide bonds. The van der Waals surface area contributed by atoms with Crippen molar-refractivity contribution in [3.63, 3.8) is 0 Å². The fourth-order valence-electron chi connectivity index (χ4n) is 0.841. The van der Waals surface area contributed by atoms with Crippen LogP contribution in [0.3, 0.4) is 0 Å². The molecule has 0 aliphatic carbocycles. The summed E-state index contributed by atoms with van der Waals surface area (Å²) in [4.78, 5) is 27.6. The summed E-state index contributed by atoms with van der Waals surface area (Å²) < 4.78 is 10.4. The van der Waals surface area contributed by atoms with E-state index in [9.17, 15) is 9.36 Å². The summed E-state index contributed by atoms with van der Waals surface area (Å²) in [5.41, 5.74) is -1.98. The van der Waals surface area contributed by atoms with Gasteiger partial charge in [0.25, 0.3) is 5.52 Å². The van der Waals surface area contributed by atoms with Gasteiger partial charge in [0, 0.05) is 0 Å². The first-order valence-electron chi connectivity index (χ1n) is 4.06. The van der Waals surface area contributed by atoms with Crippen LogP contribution in [0.25, 0.3) is 0 Å². The lowest BCUT2D eigenvalue weighted by molar-refractivity contribution is -0.141. The number of carbonyl (C=O) groups is 1. The molecule has 10 heteroatoms. The van der Waals surface area contributed by atoms with Crippen molar-refractivity contribution < 1.29 is 44.7 Å². The molecule has 96 valence electrons. The molecule has 16 heavy (non-hydrogen) atoms. The lowest BCUT2D eigenvalue weighted by Crippen LogP contribution is -2.48. The Hall–Kier alpha value is -0.380. The molecular weight excluding hydrogens is 247 g/mol. The van der Waals surface area contributed by atoms with Crippen molar-refractivity contribution >= 4 is 13.1 Å². The maximum absolute atomic E-state index is 10.8. The third-order valence-electron chi connectivity index (χ3n) is 1.79. The third-order valence-corrected chi connectivity index (χ3v) is 2.63. The number of aliphatic hydroxyl groups excluding tert-OH is 5. The fraction of sp³-hybridized carbons (Fsp3) is 0.833. The van der Waals surface area contributed by atoms with Crippen LogP contribution in [0.4, 0.5) is 0 Å². The Labute approximate surface area is 89.7 Å². The summed E-state index contributed by atoms with van der Waals surface area (Å²) in [6.45, 7) is -0.963. The number of rotatable bonds is 6. The molecular formula is C6H13O9P. The number of hydrogen-bond donors (Lipinski definition) is 7. The van der Waals surface area contributed by atoms with Crippen molar-refractivity contribution in [3.8, 4) is 0 Å². The van der Waals surface area contributed by atoms with Crippen molar-refractivity contribution in [3.05, 3.63) is 0 Å². The van der Waals surface area contributed by atoms with E-state index in [1.165, 1.54) is 0 Å². The maximum atomic E-state index is 10.8. The second-order valence-corrected chi connectivity index (χ2v) is 4.59. The summed E-state index contributed by atoms with van der Waals surface area (Å²) in [6, 6.07) is 0. The molecule has 0 saturated heterocycles. The van der Waals surface area contributed by atoms with E-state index in [0.717, 1.165) is 0 Å². The van der Waals surface area contributed by atoms with Gasteiger partial charge in [-0.25, -0.2) is 0 Å². The van der Waals surface area contributed by atoms with E-state index >= 15 is 0 Å². The standard InChI is InChI=1S/C6H13O9P/c7-1-2(8)3(9)4(10)5(11)6(12)16(13,14)15/h2-5,7-11H,1H2,(H2,13,14,15)/t2-,3-,4+,5+/m1/s1. The monoisotopic (exact) mass is 260 g/mol. The smallest absolute Gasteiger partial charge is 0.394 e. The van der Waals surface area contributed by atoms with E-state index < -0.39 is 44.1 Å². The number of hydrogen-bond acceptors (Lipinski definition) is 7. The number of aliphatic hydroxyl groups is 5. The average Bonchev–Trinajstić information content (AvgIpc) is 2.22. The maximum Gasteiger partial charge on any atom is 0.394 e. The Bertz CT molecular complexity index is 286. The molecule has 0 heterocycles. The molecule has 7 N–H and O–H groups in total. The molecule has 0 aromatic carbocycles. The highest BCUT2D eigenvalue weighted by Crippen LogP contribution is 2.37. The van der Waals surface area contributed by atoms with Gasteiger partial charge in [0.15, 0.2) is 6.10 Å². The zero-order valence-electron chi connectivity index (χ0n) is 7.91. The lowest BCUT2D eigenvalue weighted by atomic mass is 10.0. The molecule has 0 aromatic rings. The van der Waals surface area contributed by atoms with Gasteiger partial charge in [0.05, 0.1) is 6.61 Å². The van der Waals surface area contributed by atoms with Crippen LogP contribution in [0.15, 0.2) is 0 Å². The molecule has 0 radical (unpaired) electrons. The molecule has 9 nitrogen and oxygen atoms in total. The lowest BCUT2D eigenvalue weighted by Gasteiger charge is -2.24. The van der Waals surface area contributed by atoms with Crippen LogP contribution in [0.2, 0.25) is 0 Å². The predicted octanol–water partition coefficient (Wildman–Crippen LogP) is -3.87. The SMILES string of the molecule is O=C([C@@H](O)[C@@H](O)[C@H](O)[C@H](O)CO)P(=O)(O)O. The Morgan fingerprint density at radius 2 is 1.50 bits per heavy atom. The molecule has 0 aliphatic rings. The Kier molecular flexibility index (Phi) is 5.66. The van der Waals surface area contributed by atoms with Crippen LogP contribution in [0, 0.1) is 0 Å². The predicted molar refractivity (Wildman–Crippen MR) is 48.2 cm³/mol. The first-order valence-corrected chi connectivity index (χ1v) is 5.67. The molecule has 0 aromatic heterocycles. The topological polar surface area (TPSA) is 176 Å². The third kappa shape index (κ3) is 3.89. The van der Waals surface area contributed by atoms with E-state index in [1.807, 2.05) is 0 Å². The minimum atomic E-state index is -5.25. The highest BCUT2D eigenvalue weighted by molar-refractivity contribution is 7.70. The highest BCUT2D eigenvalue weighted by atomic mass is 31.2. The summed E-state index contributed by atoms with van der Waals surface area (Å²) >= 11 is 0. The van der Waals surface area contributed by atoms with E-state index in [1.54, 1.807) is 0 Å². The van der Waals surface area contributed by atoms with Gasteiger partial charge >= 0.3 is 7.60 Å². The first-order chi connectivity index (χ1) is 7.12. The fourth-order valence-corrected chi connectivity index (χ4v) is 1.34. The van der Waals surface area contributed by atoms with Gasteiger partial charge in [-0.1, -0.05) is 0 Å². The molecule has 0 bridgehead atoms. The summed E-state index contributed by atoms with van der Waals surface area (Å²) in [5, 5.41) is 44.4. The Morgan fingerprint density at radius 1 is 1.06 bits per heavy atom. The van der Waals surface area contributed by atoms with Crippen molar-refractivity contribution in [1.82, 2.24) is 0 Å². The second-order valence-electron chi connectivity index (χ2n) is 3.06. The minimum Gasteiger partial charge on any atom is -0.394 e. The van der Waals surface area contributed by atoms with Gasteiger partial charge in [-0.3, -0.25) is 9.36 Å². The average molecular weight is 260 g/mol. The normalized spacial score (nSPS) is 19.9. The van der Waals surface area contributed by atoms with Gasteiger partial charge < -0.3 is 35.3 Å². The molecule has 0 fully saturated rings. The number of carbonyl (C=O) groups excluding carboxylic acids is 1. The molecule has 4 atom stereocenters. The van der Waals surface area contributed by atoms with Gasteiger partial charge in [-0.05, 0) is 0 Å². The van der Waals surface area contributed by atoms with E-state index in [-0.39, 0.29) is 0 Å². The van der Waals surface area contributed by atoms with Crippen LogP contribution in [0.1, 0.15) is 0 Å². The molecule has 0 saturated carbocycles. The Balaban J connectivity index is 4.68. The van der Waals surface area contributed by atoms with Gasteiger partial charge in [0.1, 0.15) is 18.3 Å². The zero-order chi connectivity index (χ0) is 13.1. The van der Waals surface area contributed by atoms with Crippen LogP contribution in [-0.2, 0) is 9.36 Å². The molecule has 0 spiro atoms. The molecule has 0 unspecified atom stereocenters. The summed E-state index contributed by atoms with van der Waals surface area (Å²) in [7, 11) is -5.25. The molecule has 0 aliphatic heterocycles. The van der Waals surface area contributed by atoms with Gasteiger partial charge in [0.2, 0.25) is 0 Å². The van der Waals surface area contributed by atoms with Crippen molar-refractivity contribution in [2.45, 2.75) is 24.4 Å². The van der Waals surface area contributed by atoms with Crippen LogP contribution in [0.5, 0.6) is 0 Å².